The van der Waals surface area contributed by atoms with Gasteiger partial charge in [0.2, 0.25) is 0 Å². The van der Waals surface area contributed by atoms with Crippen molar-refractivity contribution in [3.05, 3.63) is 71.9 Å². The second kappa shape index (κ2) is 12.6. The number of anilines is 1. The lowest BCUT2D eigenvalue weighted by molar-refractivity contribution is 0.0225. The van der Waals surface area contributed by atoms with Crippen LogP contribution >= 0.6 is 0 Å². The first-order valence-electron chi connectivity index (χ1n) is 13.5. The maximum atomic E-state index is 13.3. The summed E-state index contributed by atoms with van der Waals surface area (Å²) in [5, 5.41) is 0. The van der Waals surface area contributed by atoms with Crippen molar-refractivity contribution >= 4 is 18.0 Å². The molecule has 0 N–H and O–H groups in total. The Bertz CT molecular complexity index is 1140. The minimum atomic E-state index is -0.649. The van der Waals surface area contributed by atoms with Crippen molar-refractivity contribution in [1.29, 1.82) is 0 Å². The van der Waals surface area contributed by atoms with Crippen molar-refractivity contribution in [2.45, 2.75) is 78.7 Å². The van der Waals surface area contributed by atoms with E-state index in [0.29, 0.717) is 38.5 Å². The molecule has 8 heteroatoms. The molecule has 212 valence electrons. The Morgan fingerprint density at radius 2 is 1.72 bits per heavy atom. The van der Waals surface area contributed by atoms with Crippen LogP contribution in [-0.2, 0) is 27.2 Å². The highest BCUT2D eigenvalue weighted by atomic mass is 16.6. The number of carbonyl (C=O) groups excluding carboxylic acids is 2. The van der Waals surface area contributed by atoms with E-state index in [2.05, 4.69) is 6.58 Å². The Kier molecular flexibility index (Phi) is 9.78. The van der Waals surface area contributed by atoms with Gasteiger partial charge in [0.25, 0.3) is 0 Å². The summed E-state index contributed by atoms with van der Waals surface area (Å²) in [5.41, 5.74) is 1.53. The number of aromatic nitrogens is 1. The van der Waals surface area contributed by atoms with E-state index in [1.807, 2.05) is 90.9 Å². The van der Waals surface area contributed by atoms with Gasteiger partial charge in [0.05, 0.1) is 25.8 Å². The average molecular weight is 538 g/mol. The lowest BCUT2D eigenvalue weighted by atomic mass is 9.98. The quantitative estimate of drug-likeness (QED) is 0.367. The van der Waals surface area contributed by atoms with Gasteiger partial charge in [0.15, 0.2) is 0 Å². The SMILES string of the molecule is C=CCO[C@@H]1CN(C(=O)OC(C)(C)C)C[C@@H]1Cc1cc(C)cc(N(Cc2ccccc2)C(=O)OC(C)(C)C)n1. The van der Waals surface area contributed by atoms with Crippen molar-refractivity contribution in [3.63, 3.8) is 0 Å². The molecule has 2 heterocycles. The zero-order valence-corrected chi connectivity index (χ0v) is 24.4. The van der Waals surface area contributed by atoms with Gasteiger partial charge in [0.1, 0.15) is 17.0 Å². The number of likely N-dealkylation sites (tertiary alicyclic amines) is 1. The Balaban J connectivity index is 1.88. The van der Waals surface area contributed by atoms with E-state index >= 15 is 0 Å². The zero-order valence-electron chi connectivity index (χ0n) is 24.4. The van der Waals surface area contributed by atoms with Crippen LogP contribution in [0.25, 0.3) is 0 Å². The molecule has 0 aliphatic carbocycles. The predicted octanol–water partition coefficient (Wildman–Crippen LogP) is 6.31. The number of hydrogen-bond donors (Lipinski definition) is 0. The second-order valence-electron chi connectivity index (χ2n) is 12.1. The van der Waals surface area contributed by atoms with Crippen molar-refractivity contribution in [1.82, 2.24) is 9.88 Å². The Morgan fingerprint density at radius 1 is 1.05 bits per heavy atom. The van der Waals surface area contributed by atoms with Crippen LogP contribution in [0.2, 0.25) is 0 Å². The van der Waals surface area contributed by atoms with E-state index in [-0.39, 0.29) is 18.1 Å². The van der Waals surface area contributed by atoms with Gasteiger partial charge in [-0.05, 0) is 78.1 Å². The maximum absolute atomic E-state index is 13.3. The number of ether oxygens (including phenoxy) is 3. The highest BCUT2D eigenvalue weighted by Gasteiger charge is 2.38. The number of pyridine rings is 1. The molecule has 8 nitrogen and oxygen atoms in total. The van der Waals surface area contributed by atoms with Crippen LogP contribution in [0.3, 0.4) is 0 Å². The number of amides is 2. The standard InChI is InChI=1S/C31H43N3O5/c1-9-15-37-26-21-33(28(35)38-30(3,4)5)20-24(26)18-25-16-22(2)17-27(32-25)34(29(36)39-31(6,7)8)19-23-13-11-10-12-14-23/h9-14,16-17,24,26H,1,15,18-21H2,2-8H3/t24-,26+/m0/s1. The Hall–Kier alpha value is -3.39. The zero-order chi connectivity index (χ0) is 28.8. The largest absolute Gasteiger partial charge is 0.444 e. The number of nitrogens with zero attached hydrogens (tertiary/aromatic N) is 3. The summed E-state index contributed by atoms with van der Waals surface area (Å²) in [6.45, 7) is 18.5. The highest BCUT2D eigenvalue weighted by molar-refractivity contribution is 5.86. The average Bonchev–Trinajstić information content (AvgIpc) is 3.22. The molecule has 1 aromatic carbocycles. The maximum Gasteiger partial charge on any atom is 0.416 e. The van der Waals surface area contributed by atoms with E-state index in [4.69, 9.17) is 19.2 Å². The van der Waals surface area contributed by atoms with Crippen molar-refractivity contribution < 1.29 is 23.8 Å². The fourth-order valence-corrected chi connectivity index (χ4v) is 4.45. The van der Waals surface area contributed by atoms with Gasteiger partial charge >= 0.3 is 12.2 Å². The molecule has 1 aliphatic rings. The Labute approximate surface area is 232 Å². The molecule has 39 heavy (non-hydrogen) atoms. The molecule has 3 rings (SSSR count). The summed E-state index contributed by atoms with van der Waals surface area (Å²) in [7, 11) is 0. The third-order valence-electron chi connectivity index (χ3n) is 6.02. The molecule has 0 unspecified atom stereocenters. The first kappa shape index (κ1) is 30.2. The van der Waals surface area contributed by atoms with Gasteiger partial charge in [-0.2, -0.15) is 0 Å². The van der Waals surface area contributed by atoms with Crippen molar-refractivity contribution in [2.24, 2.45) is 5.92 Å². The molecule has 1 saturated heterocycles. The molecule has 0 saturated carbocycles. The summed E-state index contributed by atoms with van der Waals surface area (Å²) < 4.78 is 17.4. The van der Waals surface area contributed by atoms with Gasteiger partial charge in [-0.25, -0.2) is 14.6 Å². The summed E-state index contributed by atoms with van der Waals surface area (Å²) in [6, 6.07) is 13.7. The van der Waals surface area contributed by atoms with Gasteiger partial charge in [-0.15, -0.1) is 6.58 Å². The molecular formula is C31H43N3O5. The predicted molar refractivity (Wildman–Crippen MR) is 153 cm³/mol. The topological polar surface area (TPSA) is 81.2 Å². The molecule has 0 bridgehead atoms. The summed E-state index contributed by atoms with van der Waals surface area (Å²) in [6.07, 6.45) is 1.28. The normalized spacial score (nSPS) is 17.6. The molecule has 2 atom stereocenters. The number of benzene rings is 1. The van der Waals surface area contributed by atoms with Gasteiger partial charge in [-0.3, -0.25) is 4.90 Å². The molecule has 2 aromatic rings. The van der Waals surface area contributed by atoms with Crippen LogP contribution in [0.5, 0.6) is 0 Å². The van der Waals surface area contributed by atoms with Crippen LogP contribution in [0.4, 0.5) is 15.4 Å². The molecule has 2 amide bonds. The minimum absolute atomic E-state index is 0.00344. The molecule has 0 spiro atoms. The fraction of sp³-hybridized carbons (Fsp3) is 0.516. The summed E-state index contributed by atoms with van der Waals surface area (Å²) >= 11 is 0. The smallest absolute Gasteiger partial charge is 0.416 e. The number of aryl methyl sites for hydroxylation is 1. The number of hydrogen-bond acceptors (Lipinski definition) is 6. The van der Waals surface area contributed by atoms with Crippen LogP contribution in [0, 0.1) is 12.8 Å². The fourth-order valence-electron chi connectivity index (χ4n) is 4.45. The van der Waals surface area contributed by atoms with Gasteiger partial charge in [-0.1, -0.05) is 36.4 Å². The number of rotatable bonds is 8. The van der Waals surface area contributed by atoms with E-state index in [0.717, 1.165) is 16.8 Å². The van der Waals surface area contributed by atoms with Crippen LogP contribution < -0.4 is 4.90 Å². The molecule has 1 fully saturated rings. The Morgan fingerprint density at radius 3 is 2.33 bits per heavy atom. The van der Waals surface area contributed by atoms with Gasteiger partial charge in [0, 0.05) is 18.2 Å². The summed E-state index contributed by atoms with van der Waals surface area (Å²) in [4.78, 5) is 34.3. The van der Waals surface area contributed by atoms with Crippen molar-refractivity contribution in [2.75, 3.05) is 24.6 Å². The van der Waals surface area contributed by atoms with Crippen molar-refractivity contribution in [3.8, 4) is 0 Å². The third kappa shape index (κ3) is 9.39. The first-order valence-corrected chi connectivity index (χ1v) is 13.5. The van der Waals surface area contributed by atoms with E-state index in [1.54, 1.807) is 15.9 Å². The van der Waals surface area contributed by atoms with E-state index < -0.39 is 17.3 Å². The first-order chi connectivity index (χ1) is 18.2. The lowest BCUT2D eigenvalue weighted by Gasteiger charge is -2.27. The van der Waals surface area contributed by atoms with Crippen LogP contribution in [0.15, 0.2) is 55.1 Å². The van der Waals surface area contributed by atoms with E-state index in [1.165, 1.54) is 0 Å². The monoisotopic (exact) mass is 537 g/mol. The highest BCUT2D eigenvalue weighted by Crippen LogP contribution is 2.28. The van der Waals surface area contributed by atoms with Crippen LogP contribution in [-0.4, -0.2) is 59.1 Å². The lowest BCUT2D eigenvalue weighted by Crippen LogP contribution is -2.37. The number of carbonyl (C=O) groups is 2. The minimum Gasteiger partial charge on any atom is -0.444 e. The van der Waals surface area contributed by atoms with E-state index in [9.17, 15) is 9.59 Å². The third-order valence-corrected chi connectivity index (χ3v) is 6.02. The molecular weight excluding hydrogens is 494 g/mol. The molecule has 1 aliphatic heterocycles. The molecule has 1 aromatic heterocycles. The van der Waals surface area contributed by atoms with Gasteiger partial charge < -0.3 is 19.1 Å². The summed E-state index contributed by atoms with van der Waals surface area (Å²) in [5.74, 6) is 0.525. The van der Waals surface area contributed by atoms with Crippen LogP contribution in [0.1, 0.15) is 58.4 Å². The molecule has 0 radical (unpaired) electrons. The second-order valence-corrected chi connectivity index (χ2v) is 12.1.